The number of aromatic nitrogens is 2. The van der Waals surface area contributed by atoms with Gasteiger partial charge in [-0.05, 0) is 6.92 Å². The average Bonchev–Trinajstić information content (AvgIpc) is 2.32. The van der Waals surface area contributed by atoms with Crippen LogP contribution in [-0.4, -0.2) is 46.0 Å². The quantitative estimate of drug-likeness (QED) is 0.694. The van der Waals surface area contributed by atoms with Crippen molar-refractivity contribution in [3.63, 3.8) is 0 Å². The highest BCUT2D eigenvalue weighted by molar-refractivity contribution is 6.32. The zero-order valence-corrected chi connectivity index (χ0v) is 9.82. The van der Waals surface area contributed by atoms with Crippen molar-refractivity contribution < 1.29 is 14.9 Å². The van der Waals surface area contributed by atoms with Gasteiger partial charge in [0.2, 0.25) is 0 Å². The van der Waals surface area contributed by atoms with Crippen LogP contribution in [0.15, 0.2) is 6.20 Å². The number of methoxy groups -OCH3 is 1. The number of hydrogen-bond donors (Lipinski definition) is 3. The molecule has 1 aromatic rings. The normalized spacial score (nSPS) is 11.3. The van der Waals surface area contributed by atoms with Crippen LogP contribution in [0, 0.1) is 0 Å². The van der Waals surface area contributed by atoms with E-state index in [1.807, 2.05) is 0 Å². The van der Waals surface area contributed by atoms with E-state index in [9.17, 15) is 0 Å². The summed E-state index contributed by atoms with van der Waals surface area (Å²) in [6.07, 6.45) is 1.38. The Kier molecular flexibility index (Phi) is 4.28. The molecule has 0 bridgehead atoms. The first-order valence-corrected chi connectivity index (χ1v) is 4.99. The van der Waals surface area contributed by atoms with Gasteiger partial charge in [-0.1, -0.05) is 11.6 Å². The van der Waals surface area contributed by atoms with E-state index < -0.39 is 5.54 Å². The molecule has 0 amide bonds. The standard InChI is InChI=1S/C9H14ClN3O3/c1-9(4-14,5-15)13-7-6(10)3-11-8(12-7)16-2/h3,14-15H,4-5H2,1-2H3,(H,11,12,13). The van der Waals surface area contributed by atoms with Crippen LogP contribution in [0.2, 0.25) is 5.02 Å². The number of rotatable bonds is 5. The first kappa shape index (κ1) is 13.0. The summed E-state index contributed by atoms with van der Waals surface area (Å²) in [5.74, 6) is 0.305. The summed E-state index contributed by atoms with van der Waals surface area (Å²) < 4.78 is 4.85. The molecule has 0 spiro atoms. The molecule has 0 aliphatic rings. The van der Waals surface area contributed by atoms with Crippen molar-refractivity contribution >= 4 is 17.4 Å². The minimum Gasteiger partial charge on any atom is -0.467 e. The van der Waals surface area contributed by atoms with Gasteiger partial charge in [0.15, 0.2) is 5.82 Å². The van der Waals surface area contributed by atoms with E-state index in [4.69, 9.17) is 26.6 Å². The van der Waals surface area contributed by atoms with Gasteiger partial charge in [-0.2, -0.15) is 4.98 Å². The zero-order chi connectivity index (χ0) is 12.2. The van der Waals surface area contributed by atoms with E-state index in [1.54, 1.807) is 6.92 Å². The number of nitrogens with one attached hydrogen (secondary N) is 1. The average molecular weight is 248 g/mol. The number of nitrogens with zero attached hydrogens (tertiary/aromatic N) is 2. The van der Waals surface area contributed by atoms with E-state index in [2.05, 4.69) is 15.3 Å². The van der Waals surface area contributed by atoms with E-state index >= 15 is 0 Å². The fourth-order valence-electron chi connectivity index (χ4n) is 0.952. The molecule has 0 saturated heterocycles. The third-order valence-electron chi connectivity index (χ3n) is 2.02. The molecule has 0 aromatic carbocycles. The molecule has 0 aliphatic heterocycles. The predicted octanol–water partition coefficient (Wildman–Crippen LogP) is 0.294. The molecular weight excluding hydrogens is 234 g/mol. The molecule has 7 heteroatoms. The highest BCUT2D eigenvalue weighted by Crippen LogP contribution is 2.23. The van der Waals surface area contributed by atoms with Crippen LogP contribution in [0.5, 0.6) is 6.01 Å². The Labute approximate surface area is 98.3 Å². The van der Waals surface area contributed by atoms with Crippen molar-refractivity contribution in [1.29, 1.82) is 0 Å². The number of hydrogen-bond acceptors (Lipinski definition) is 6. The lowest BCUT2D eigenvalue weighted by molar-refractivity contribution is 0.147. The van der Waals surface area contributed by atoms with E-state index in [1.165, 1.54) is 13.3 Å². The van der Waals surface area contributed by atoms with E-state index in [-0.39, 0.29) is 24.2 Å². The van der Waals surface area contributed by atoms with Gasteiger partial charge in [0, 0.05) is 0 Å². The highest BCUT2D eigenvalue weighted by Gasteiger charge is 2.24. The molecular formula is C9H14ClN3O3. The Bertz CT molecular complexity index is 358. The van der Waals surface area contributed by atoms with Crippen LogP contribution in [0.4, 0.5) is 5.82 Å². The molecule has 0 atom stereocenters. The van der Waals surface area contributed by atoms with Crippen LogP contribution in [0.3, 0.4) is 0 Å². The predicted molar refractivity (Wildman–Crippen MR) is 59.8 cm³/mol. The largest absolute Gasteiger partial charge is 0.467 e. The first-order chi connectivity index (χ1) is 7.54. The third-order valence-corrected chi connectivity index (χ3v) is 2.30. The topological polar surface area (TPSA) is 87.5 Å². The summed E-state index contributed by atoms with van der Waals surface area (Å²) in [5, 5.41) is 21.4. The fourth-order valence-corrected chi connectivity index (χ4v) is 1.09. The number of aliphatic hydroxyl groups excluding tert-OH is 2. The monoisotopic (exact) mass is 247 g/mol. The third kappa shape index (κ3) is 2.94. The first-order valence-electron chi connectivity index (χ1n) is 4.61. The zero-order valence-electron chi connectivity index (χ0n) is 9.07. The second-order valence-corrected chi connectivity index (χ2v) is 3.96. The van der Waals surface area contributed by atoms with Crippen LogP contribution in [0.1, 0.15) is 6.92 Å². The molecule has 6 nitrogen and oxygen atoms in total. The highest BCUT2D eigenvalue weighted by atomic mass is 35.5. The lowest BCUT2D eigenvalue weighted by atomic mass is 10.1. The summed E-state index contributed by atoms with van der Waals surface area (Å²) >= 11 is 5.87. The maximum atomic E-state index is 9.12. The van der Waals surface area contributed by atoms with Gasteiger partial charge in [0.25, 0.3) is 0 Å². The Morgan fingerprint density at radius 2 is 2.12 bits per heavy atom. The number of anilines is 1. The Balaban J connectivity index is 2.95. The molecule has 3 N–H and O–H groups in total. The summed E-state index contributed by atoms with van der Waals surface area (Å²) in [4.78, 5) is 7.78. The Morgan fingerprint density at radius 3 is 2.62 bits per heavy atom. The van der Waals surface area contributed by atoms with Crippen LogP contribution >= 0.6 is 11.6 Å². The van der Waals surface area contributed by atoms with Crippen molar-refractivity contribution in [3.8, 4) is 6.01 Å². The molecule has 0 unspecified atom stereocenters. The second-order valence-electron chi connectivity index (χ2n) is 3.56. The maximum absolute atomic E-state index is 9.12. The van der Waals surface area contributed by atoms with Gasteiger partial charge in [0.05, 0.1) is 32.1 Å². The Hall–Kier alpha value is -1.11. The number of ether oxygens (including phenoxy) is 1. The summed E-state index contributed by atoms with van der Waals surface area (Å²) in [7, 11) is 1.43. The molecule has 16 heavy (non-hydrogen) atoms. The van der Waals surface area contributed by atoms with Crippen molar-refractivity contribution in [2.45, 2.75) is 12.5 Å². The second kappa shape index (κ2) is 5.29. The van der Waals surface area contributed by atoms with Gasteiger partial charge >= 0.3 is 6.01 Å². The lowest BCUT2D eigenvalue weighted by Gasteiger charge is -2.27. The Morgan fingerprint density at radius 1 is 1.50 bits per heavy atom. The van der Waals surface area contributed by atoms with Crippen LogP contribution in [-0.2, 0) is 0 Å². The van der Waals surface area contributed by atoms with Crippen molar-refractivity contribution in [1.82, 2.24) is 9.97 Å². The molecule has 0 fully saturated rings. The SMILES string of the molecule is COc1ncc(Cl)c(NC(C)(CO)CO)n1. The molecule has 1 aromatic heterocycles. The van der Waals surface area contributed by atoms with Gasteiger partial charge in [-0.25, -0.2) is 4.98 Å². The molecule has 90 valence electrons. The number of halogens is 1. The minimum absolute atomic E-state index is 0.158. The lowest BCUT2D eigenvalue weighted by Crippen LogP contribution is -2.42. The smallest absolute Gasteiger partial charge is 0.318 e. The molecule has 0 saturated carbocycles. The molecule has 0 aliphatic carbocycles. The molecule has 0 radical (unpaired) electrons. The van der Waals surface area contributed by atoms with Crippen molar-refractivity contribution in [2.24, 2.45) is 0 Å². The molecule has 1 heterocycles. The van der Waals surface area contributed by atoms with Crippen LogP contribution < -0.4 is 10.1 Å². The fraction of sp³-hybridized carbons (Fsp3) is 0.556. The van der Waals surface area contributed by atoms with Crippen molar-refractivity contribution in [3.05, 3.63) is 11.2 Å². The van der Waals surface area contributed by atoms with Gasteiger partial charge in [0.1, 0.15) is 5.02 Å². The minimum atomic E-state index is -0.900. The summed E-state index contributed by atoms with van der Waals surface area (Å²) in [6, 6.07) is 0.158. The summed E-state index contributed by atoms with van der Waals surface area (Å²) in [6.45, 7) is 1.12. The van der Waals surface area contributed by atoms with Gasteiger partial charge in [-0.15, -0.1) is 0 Å². The van der Waals surface area contributed by atoms with Gasteiger partial charge in [-0.3, -0.25) is 0 Å². The van der Waals surface area contributed by atoms with Crippen molar-refractivity contribution in [2.75, 3.05) is 25.6 Å². The van der Waals surface area contributed by atoms with E-state index in [0.717, 1.165) is 0 Å². The van der Waals surface area contributed by atoms with Gasteiger partial charge < -0.3 is 20.3 Å². The maximum Gasteiger partial charge on any atom is 0.318 e. The summed E-state index contributed by atoms with van der Waals surface area (Å²) in [5.41, 5.74) is -0.900. The molecule has 1 rings (SSSR count). The number of aliphatic hydroxyl groups is 2. The van der Waals surface area contributed by atoms with E-state index in [0.29, 0.717) is 5.82 Å². The van der Waals surface area contributed by atoms with Crippen LogP contribution in [0.25, 0.3) is 0 Å².